The fourth-order valence-corrected chi connectivity index (χ4v) is 6.74. The molecule has 57 heavy (non-hydrogen) atoms. The normalized spacial score (nSPS) is 15.9. The quantitative estimate of drug-likeness (QED) is 0.119. The van der Waals surface area contributed by atoms with E-state index in [0.29, 0.717) is 54.3 Å². The maximum atomic E-state index is 13.0. The molecule has 1 aliphatic carbocycles. The highest BCUT2D eigenvalue weighted by Crippen LogP contribution is 2.37. The molecular weight excluding hydrogens is 723 g/mol. The maximum absolute atomic E-state index is 13.0. The standard InChI is InChI=1S/C35H51N9O5.C4H10.2C2H6/c1-40(15-6-11-32(46)47)16-8-18-43-21-19-42(20-22-43)17-7-14-36-34(48)26-12-13-28(30(23-26)49-3)38-35-37-24-29-33(39-35)44(25-31(45)41(29)2)27-9-4-5-10-27;1-3-4-2;2*1-2/h6,11-13,23-24,27H,4-5,7-10,14-22,25H2,1-3H3,(H,36,48)(H,46,47)(H,37,38,39);3-4H2,1-2H3;2*1-2H3/b11-6+;;;. The number of unbranched alkanes of at least 4 members (excludes halogenated alkanes) is 1. The van der Waals surface area contributed by atoms with Crippen LogP contribution in [-0.4, -0.2) is 140 Å². The molecule has 5 rings (SSSR count). The summed E-state index contributed by atoms with van der Waals surface area (Å²) >= 11 is 0. The molecule has 3 aliphatic rings. The van der Waals surface area contributed by atoms with Crippen LogP contribution in [0.3, 0.4) is 0 Å². The van der Waals surface area contributed by atoms with Crippen LogP contribution in [0.25, 0.3) is 0 Å². The van der Waals surface area contributed by atoms with Crippen LogP contribution in [0.5, 0.6) is 5.75 Å². The van der Waals surface area contributed by atoms with E-state index in [-0.39, 0.29) is 11.8 Å². The number of rotatable bonds is 17. The van der Waals surface area contributed by atoms with E-state index >= 15 is 0 Å². The fraction of sp³-hybridized carbons (Fsp3) is 0.651. The monoisotopic (exact) mass is 796 g/mol. The summed E-state index contributed by atoms with van der Waals surface area (Å²) in [5.41, 5.74) is 1.86. The van der Waals surface area contributed by atoms with Gasteiger partial charge in [-0.25, -0.2) is 9.78 Å². The predicted molar refractivity (Wildman–Crippen MR) is 233 cm³/mol. The van der Waals surface area contributed by atoms with Crippen LogP contribution in [0.1, 0.15) is 103 Å². The second kappa shape index (κ2) is 27.4. The zero-order chi connectivity index (χ0) is 42.2. The van der Waals surface area contributed by atoms with Crippen LogP contribution in [0.2, 0.25) is 0 Å². The summed E-state index contributed by atoms with van der Waals surface area (Å²) < 4.78 is 5.63. The minimum absolute atomic E-state index is 0.0381. The Morgan fingerprint density at radius 2 is 1.63 bits per heavy atom. The number of hydrogen-bond donors (Lipinski definition) is 3. The highest BCUT2D eigenvalue weighted by atomic mass is 16.5. The van der Waals surface area contributed by atoms with Gasteiger partial charge in [0.15, 0.2) is 5.82 Å². The number of carboxylic acid groups (broad SMARTS) is 1. The molecule has 3 heterocycles. The Morgan fingerprint density at radius 3 is 2.23 bits per heavy atom. The fourth-order valence-electron chi connectivity index (χ4n) is 6.74. The van der Waals surface area contributed by atoms with E-state index in [4.69, 9.17) is 14.8 Å². The third-order valence-electron chi connectivity index (χ3n) is 10.1. The van der Waals surface area contributed by atoms with E-state index in [2.05, 4.69) is 49.1 Å². The number of ether oxygens (including phenoxy) is 1. The molecule has 2 amide bonds. The smallest absolute Gasteiger partial charge is 0.328 e. The van der Waals surface area contributed by atoms with E-state index in [1.54, 1.807) is 49.5 Å². The highest BCUT2D eigenvalue weighted by Gasteiger charge is 2.34. The van der Waals surface area contributed by atoms with Crippen molar-refractivity contribution in [3.05, 3.63) is 42.1 Å². The maximum Gasteiger partial charge on any atom is 0.328 e. The van der Waals surface area contributed by atoms with Gasteiger partial charge in [0.25, 0.3) is 5.91 Å². The van der Waals surface area contributed by atoms with Crippen molar-refractivity contribution in [3.63, 3.8) is 0 Å². The number of benzene rings is 1. The molecule has 1 saturated heterocycles. The van der Waals surface area contributed by atoms with Crippen molar-refractivity contribution in [1.29, 1.82) is 0 Å². The second-order valence-corrected chi connectivity index (χ2v) is 14.1. The van der Waals surface area contributed by atoms with Gasteiger partial charge >= 0.3 is 5.97 Å². The summed E-state index contributed by atoms with van der Waals surface area (Å²) in [5, 5.41) is 15.0. The lowest BCUT2D eigenvalue weighted by molar-refractivity contribution is -0.131. The largest absolute Gasteiger partial charge is 0.495 e. The number of carbonyl (C=O) groups is 3. The van der Waals surface area contributed by atoms with Gasteiger partial charge in [0.2, 0.25) is 11.9 Å². The van der Waals surface area contributed by atoms with Gasteiger partial charge in [0.1, 0.15) is 11.4 Å². The first kappa shape index (κ1) is 48.9. The number of amides is 2. The molecule has 0 atom stereocenters. The molecule has 320 valence electrons. The molecule has 0 spiro atoms. The lowest BCUT2D eigenvalue weighted by Crippen LogP contribution is -2.48. The number of aliphatic carboxylic acids is 1. The van der Waals surface area contributed by atoms with Gasteiger partial charge in [-0.2, -0.15) is 4.98 Å². The minimum Gasteiger partial charge on any atom is -0.495 e. The summed E-state index contributed by atoms with van der Waals surface area (Å²) in [6, 6.07) is 5.58. The minimum atomic E-state index is -0.910. The summed E-state index contributed by atoms with van der Waals surface area (Å²) in [6.07, 6.45) is 13.5. The third kappa shape index (κ3) is 16.2. The number of nitrogens with zero attached hydrogens (tertiary/aromatic N) is 7. The van der Waals surface area contributed by atoms with Crippen molar-refractivity contribution in [2.24, 2.45) is 0 Å². The molecule has 1 aromatic carbocycles. The first-order valence-corrected chi connectivity index (χ1v) is 21.3. The molecule has 2 aliphatic heterocycles. The van der Waals surface area contributed by atoms with Crippen LogP contribution >= 0.6 is 0 Å². The molecule has 0 bridgehead atoms. The van der Waals surface area contributed by atoms with Gasteiger partial charge in [-0.05, 0) is 70.6 Å². The van der Waals surface area contributed by atoms with E-state index in [1.165, 1.54) is 18.9 Å². The van der Waals surface area contributed by atoms with Crippen molar-refractivity contribution in [3.8, 4) is 5.75 Å². The molecule has 14 nitrogen and oxygen atoms in total. The summed E-state index contributed by atoms with van der Waals surface area (Å²) in [4.78, 5) is 56.4. The van der Waals surface area contributed by atoms with Crippen LogP contribution in [-0.2, 0) is 9.59 Å². The molecule has 2 fully saturated rings. The summed E-state index contributed by atoms with van der Waals surface area (Å²) in [5.74, 6) is 0.642. The summed E-state index contributed by atoms with van der Waals surface area (Å²) in [6.45, 7) is 20.9. The van der Waals surface area contributed by atoms with Crippen molar-refractivity contribution < 1.29 is 24.2 Å². The number of methoxy groups -OCH3 is 1. The number of piperazine rings is 1. The van der Waals surface area contributed by atoms with Crippen LogP contribution in [0.15, 0.2) is 36.5 Å². The van der Waals surface area contributed by atoms with Gasteiger partial charge in [-0.1, -0.05) is 73.3 Å². The SMILES string of the molecule is CC.CC.CCCC.COc1cc(C(=O)NCCCN2CCN(CCCN(C)C/C=C/C(=O)O)CC2)ccc1Nc1ncc2c(n1)N(C1CCCC1)CC(=O)N2C. The van der Waals surface area contributed by atoms with E-state index in [0.717, 1.165) is 90.2 Å². The Balaban J connectivity index is 0.00000130. The van der Waals surface area contributed by atoms with Crippen LogP contribution in [0, 0.1) is 0 Å². The van der Waals surface area contributed by atoms with Crippen molar-refractivity contribution in [2.75, 3.05) is 102 Å². The predicted octanol–water partition coefficient (Wildman–Crippen LogP) is 6.51. The van der Waals surface area contributed by atoms with Crippen LogP contribution < -0.4 is 25.2 Å². The number of hydrogen-bond acceptors (Lipinski definition) is 11. The number of likely N-dealkylation sites (N-methyl/N-ethyl adjacent to an activating group) is 2. The molecule has 3 N–H and O–H groups in total. The first-order chi connectivity index (χ1) is 27.6. The molecule has 2 aromatic rings. The van der Waals surface area contributed by atoms with Crippen molar-refractivity contribution in [1.82, 2.24) is 30.0 Å². The Hall–Kier alpha value is -4.27. The van der Waals surface area contributed by atoms with E-state index < -0.39 is 5.97 Å². The average Bonchev–Trinajstić information content (AvgIpc) is 3.78. The lowest BCUT2D eigenvalue weighted by atomic mass is 10.1. The zero-order valence-electron chi connectivity index (χ0n) is 36.5. The van der Waals surface area contributed by atoms with Gasteiger partial charge < -0.3 is 45.0 Å². The van der Waals surface area contributed by atoms with Crippen molar-refractivity contribution >= 4 is 40.9 Å². The molecule has 0 unspecified atom stereocenters. The van der Waals surface area contributed by atoms with Gasteiger partial charge in [-0.15, -0.1) is 0 Å². The zero-order valence-corrected chi connectivity index (χ0v) is 36.5. The Morgan fingerprint density at radius 1 is 1.00 bits per heavy atom. The first-order valence-electron chi connectivity index (χ1n) is 21.3. The molecular formula is C43H73N9O5. The van der Waals surface area contributed by atoms with E-state index in [1.807, 2.05) is 34.7 Å². The number of anilines is 4. The average molecular weight is 796 g/mol. The van der Waals surface area contributed by atoms with Gasteiger partial charge in [0.05, 0.1) is 25.5 Å². The molecule has 1 saturated carbocycles. The molecule has 14 heteroatoms. The Bertz CT molecular complexity index is 1510. The lowest BCUT2D eigenvalue weighted by Gasteiger charge is -2.37. The number of nitrogens with one attached hydrogen (secondary N) is 2. The highest BCUT2D eigenvalue weighted by molar-refractivity contribution is 6.02. The van der Waals surface area contributed by atoms with Crippen LogP contribution in [0.4, 0.5) is 23.1 Å². The Kier molecular flexibility index (Phi) is 23.5. The van der Waals surface area contributed by atoms with Gasteiger partial charge in [0, 0.05) is 64.0 Å². The number of aromatic nitrogens is 2. The second-order valence-electron chi connectivity index (χ2n) is 14.1. The topological polar surface area (TPSA) is 147 Å². The van der Waals surface area contributed by atoms with Crippen molar-refractivity contribution in [2.45, 2.75) is 99.0 Å². The Labute approximate surface area is 343 Å². The summed E-state index contributed by atoms with van der Waals surface area (Å²) in [7, 11) is 5.34. The van der Waals surface area contributed by atoms with E-state index in [9.17, 15) is 14.4 Å². The number of carbonyl (C=O) groups excluding carboxylic acids is 2. The number of fused-ring (bicyclic) bond motifs is 1. The van der Waals surface area contributed by atoms with Gasteiger partial charge in [-0.3, -0.25) is 9.59 Å². The molecule has 1 aromatic heterocycles. The molecule has 0 radical (unpaired) electrons. The third-order valence-corrected chi connectivity index (χ3v) is 10.1. The number of carboxylic acids is 1.